The van der Waals surface area contributed by atoms with Crippen LogP contribution in [0.5, 0.6) is 0 Å². The van der Waals surface area contributed by atoms with Gasteiger partial charge in [0.25, 0.3) is 0 Å². The molecule has 0 bridgehead atoms. The van der Waals surface area contributed by atoms with Crippen molar-refractivity contribution in [2.24, 2.45) is 11.3 Å². The summed E-state index contributed by atoms with van der Waals surface area (Å²) >= 11 is 0. The van der Waals surface area contributed by atoms with Crippen molar-refractivity contribution < 1.29 is 50.5 Å². The standard InChI is InChI=1S/C24H28F6O5/c1-14(10-21(2,3)4)5-19(32)34-13-22(12-31)11-16(20(33)35-22)6-15-7-17(23(25,26)27)9-18(8-15)24(28,29)30/h6-9,14,31H,5,10-13H2,1-4H3/b16-6+. The van der Waals surface area contributed by atoms with E-state index in [4.69, 9.17) is 9.47 Å². The van der Waals surface area contributed by atoms with Gasteiger partial charge in [0, 0.05) is 18.4 Å². The van der Waals surface area contributed by atoms with E-state index in [-0.39, 0.29) is 35.8 Å². The van der Waals surface area contributed by atoms with E-state index in [1.165, 1.54) is 0 Å². The minimum absolute atomic E-state index is 0.00195. The second-order valence-corrected chi connectivity index (χ2v) is 10.2. The number of hydrogen-bond acceptors (Lipinski definition) is 5. The SMILES string of the molecule is CC(CC(=O)OCC1(CO)C/C(=C\c2cc(C(F)(F)F)cc(C(F)(F)F)c2)C(=O)O1)CC(C)(C)C. The van der Waals surface area contributed by atoms with Crippen molar-refractivity contribution >= 4 is 18.0 Å². The first-order valence-electron chi connectivity index (χ1n) is 10.8. The molecule has 0 aromatic heterocycles. The van der Waals surface area contributed by atoms with E-state index >= 15 is 0 Å². The van der Waals surface area contributed by atoms with Crippen molar-refractivity contribution in [3.8, 4) is 0 Å². The normalized spacial score (nSPS) is 21.2. The highest BCUT2D eigenvalue weighted by molar-refractivity contribution is 5.96. The lowest BCUT2D eigenvalue weighted by Crippen LogP contribution is -2.39. The molecule has 2 unspecified atom stereocenters. The Morgan fingerprint density at radius 2 is 1.66 bits per heavy atom. The molecule has 0 spiro atoms. The predicted molar refractivity (Wildman–Crippen MR) is 114 cm³/mol. The molecule has 1 aliphatic rings. The monoisotopic (exact) mass is 510 g/mol. The van der Waals surface area contributed by atoms with Crippen molar-refractivity contribution in [1.82, 2.24) is 0 Å². The van der Waals surface area contributed by atoms with E-state index in [2.05, 4.69) is 0 Å². The van der Waals surface area contributed by atoms with Gasteiger partial charge in [-0.15, -0.1) is 0 Å². The Balaban J connectivity index is 2.21. The molecule has 11 heteroatoms. The third-order valence-corrected chi connectivity index (χ3v) is 5.30. The van der Waals surface area contributed by atoms with E-state index in [9.17, 15) is 41.0 Å². The molecule has 2 rings (SSSR count). The van der Waals surface area contributed by atoms with E-state index in [1.54, 1.807) is 0 Å². The first-order chi connectivity index (χ1) is 15.8. The minimum atomic E-state index is -5.04. The van der Waals surface area contributed by atoms with E-state index in [0.29, 0.717) is 12.1 Å². The number of cyclic esters (lactones) is 1. The number of esters is 2. The third-order valence-electron chi connectivity index (χ3n) is 5.30. The molecule has 196 valence electrons. The smallest absolute Gasteiger partial charge is 0.416 e. The van der Waals surface area contributed by atoms with E-state index < -0.39 is 59.8 Å². The van der Waals surface area contributed by atoms with Gasteiger partial charge in [0.2, 0.25) is 0 Å². The fraction of sp³-hybridized carbons (Fsp3) is 0.583. The Morgan fingerprint density at radius 1 is 1.11 bits per heavy atom. The number of aliphatic hydroxyl groups is 1. The zero-order valence-corrected chi connectivity index (χ0v) is 19.8. The lowest BCUT2D eigenvalue weighted by molar-refractivity contribution is -0.166. The van der Waals surface area contributed by atoms with Crippen LogP contribution in [-0.4, -0.2) is 35.9 Å². The second kappa shape index (κ2) is 10.2. The van der Waals surface area contributed by atoms with Gasteiger partial charge >= 0.3 is 24.3 Å². The summed E-state index contributed by atoms with van der Waals surface area (Å²) in [5.74, 6) is -1.63. The average Bonchev–Trinajstić information content (AvgIpc) is 2.99. The first-order valence-corrected chi connectivity index (χ1v) is 10.8. The molecule has 1 aromatic carbocycles. The van der Waals surface area contributed by atoms with Crippen molar-refractivity contribution in [3.05, 3.63) is 40.5 Å². The molecule has 0 aliphatic carbocycles. The van der Waals surface area contributed by atoms with Gasteiger partial charge in [-0.2, -0.15) is 26.3 Å². The Kier molecular flexibility index (Phi) is 8.36. The number of ether oxygens (including phenoxy) is 2. The zero-order chi connectivity index (χ0) is 26.8. The maximum Gasteiger partial charge on any atom is 0.416 e. The Bertz CT molecular complexity index is 942. The molecule has 0 radical (unpaired) electrons. The van der Waals surface area contributed by atoms with Crippen molar-refractivity contribution in [1.29, 1.82) is 0 Å². The molecule has 1 aromatic rings. The zero-order valence-electron chi connectivity index (χ0n) is 19.8. The van der Waals surface area contributed by atoms with Gasteiger partial charge in [-0.3, -0.25) is 4.79 Å². The summed E-state index contributed by atoms with van der Waals surface area (Å²) in [5.41, 5.74) is -5.53. The van der Waals surface area contributed by atoms with Crippen LogP contribution in [0, 0.1) is 11.3 Å². The lowest BCUT2D eigenvalue weighted by atomic mass is 9.84. The molecular formula is C24H28F6O5. The Hall–Kier alpha value is -2.56. The molecule has 1 aliphatic heterocycles. The number of hydrogen-bond donors (Lipinski definition) is 1. The molecule has 1 saturated heterocycles. The Labute approximate surface area is 199 Å². The lowest BCUT2D eigenvalue weighted by Gasteiger charge is -2.25. The minimum Gasteiger partial charge on any atom is -0.461 e. The molecule has 2 atom stereocenters. The topological polar surface area (TPSA) is 72.8 Å². The molecule has 1 heterocycles. The van der Waals surface area contributed by atoms with E-state index in [1.807, 2.05) is 27.7 Å². The van der Waals surface area contributed by atoms with Crippen LogP contribution in [0.1, 0.15) is 63.6 Å². The highest BCUT2D eigenvalue weighted by Gasteiger charge is 2.45. The summed E-state index contributed by atoms with van der Waals surface area (Å²) in [6.45, 7) is 6.65. The molecule has 1 N–H and O–H groups in total. The van der Waals surface area contributed by atoms with Crippen LogP contribution in [0.2, 0.25) is 0 Å². The van der Waals surface area contributed by atoms with Crippen LogP contribution >= 0.6 is 0 Å². The number of carbonyl (C=O) groups excluding carboxylic acids is 2. The maximum absolute atomic E-state index is 13.1. The molecular weight excluding hydrogens is 482 g/mol. The summed E-state index contributed by atoms with van der Waals surface area (Å²) in [4.78, 5) is 24.5. The van der Waals surface area contributed by atoms with Crippen molar-refractivity contribution in [2.75, 3.05) is 13.2 Å². The van der Waals surface area contributed by atoms with Crippen LogP contribution < -0.4 is 0 Å². The van der Waals surface area contributed by atoms with Crippen molar-refractivity contribution in [3.63, 3.8) is 0 Å². The van der Waals surface area contributed by atoms with Gasteiger partial charge < -0.3 is 14.6 Å². The van der Waals surface area contributed by atoms with E-state index in [0.717, 1.165) is 12.5 Å². The Morgan fingerprint density at radius 3 is 2.11 bits per heavy atom. The number of rotatable bonds is 7. The summed E-state index contributed by atoms with van der Waals surface area (Å²) in [6.07, 6.45) is -8.79. The number of alkyl halides is 6. The van der Waals surface area contributed by atoms with Crippen LogP contribution in [-0.2, 0) is 31.4 Å². The van der Waals surface area contributed by atoms with Gasteiger partial charge in [-0.05, 0) is 47.6 Å². The first kappa shape index (κ1) is 28.7. The number of aliphatic hydroxyl groups excluding tert-OH is 1. The third kappa shape index (κ3) is 8.26. The molecule has 0 saturated carbocycles. The molecule has 5 nitrogen and oxygen atoms in total. The second-order valence-electron chi connectivity index (χ2n) is 10.2. The van der Waals surface area contributed by atoms with Gasteiger partial charge in [0.05, 0.1) is 17.7 Å². The van der Waals surface area contributed by atoms with Gasteiger partial charge in [-0.25, -0.2) is 4.79 Å². The summed E-state index contributed by atoms with van der Waals surface area (Å²) in [6, 6.07) is 0.934. The van der Waals surface area contributed by atoms with Crippen LogP contribution in [0.15, 0.2) is 23.8 Å². The highest BCUT2D eigenvalue weighted by atomic mass is 19.4. The average molecular weight is 510 g/mol. The number of benzene rings is 1. The van der Waals surface area contributed by atoms with Gasteiger partial charge in [-0.1, -0.05) is 27.7 Å². The molecule has 35 heavy (non-hydrogen) atoms. The molecule has 0 amide bonds. The van der Waals surface area contributed by atoms with Crippen LogP contribution in [0.3, 0.4) is 0 Å². The van der Waals surface area contributed by atoms with Gasteiger partial charge in [0.15, 0.2) is 5.60 Å². The maximum atomic E-state index is 13.1. The summed E-state index contributed by atoms with van der Waals surface area (Å²) in [7, 11) is 0. The molecule has 1 fully saturated rings. The van der Waals surface area contributed by atoms with Crippen LogP contribution in [0.25, 0.3) is 6.08 Å². The fourth-order valence-corrected chi connectivity index (χ4v) is 3.98. The van der Waals surface area contributed by atoms with Crippen LogP contribution in [0.4, 0.5) is 26.3 Å². The largest absolute Gasteiger partial charge is 0.461 e. The fourth-order valence-electron chi connectivity index (χ4n) is 3.98. The quantitative estimate of drug-likeness (QED) is 0.286. The number of halogens is 6. The highest BCUT2D eigenvalue weighted by Crippen LogP contribution is 2.38. The number of carbonyl (C=O) groups is 2. The predicted octanol–water partition coefficient (Wildman–Crippen LogP) is 5.79. The summed E-state index contributed by atoms with van der Waals surface area (Å²) in [5, 5.41) is 9.77. The van der Waals surface area contributed by atoms with Gasteiger partial charge in [0.1, 0.15) is 6.61 Å². The summed E-state index contributed by atoms with van der Waals surface area (Å²) < 4.78 is 88.9. The van der Waals surface area contributed by atoms with Crippen molar-refractivity contribution in [2.45, 2.75) is 64.9 Å².